The number of amides is 1. The number of carbonyl (C=O) groups is 1. The maximum absolute atomic E-state index is 10.5. The van der Waals surface area contributed by atoms with Crippen molar-refractivity contribution in [3.63, 3.8) is 0 Å². The fraction of sp³-hybridized carbons (Fsp3) is 0. The average Bonchev–Trinajstić information content (AvgIpc) is 2.71. The molecule has 5 heteroatoms. The number of hydrogen-bond acceptors (Lipinski definition) is 4. The van der Waals surface area contributed by atoms with Gasteiger partial charge in [0, 0.05) is 11.6 Å². The number of nitrogens with zero attached hydrogens (tertiary/aromatic N) is 1. The quantitative estimate of drug-likeness (QED) is 0.808. The van der Waals surface area contributed by atoms with Crippen LogP contribution >= 0.6 is 0 Å². The molecule has 0 spiro atoms. The zero-order chi connectivity index (χ0) is 10.7. The van der Waals surface area contributed by atoms with Gasteiger partial charge < -0.3 is 15.0 Å². The second kappa shape index (κ2) is 3.83. The van der Waals surface area contributed by atoms with Crippen LogP contribution < -0.4 is 10.5 Å². The van der Waals surface area contributed by atoms with E-state index in [0.717, 1.165) is 11.3 Å². The molecule has 1 aromatic heterocycles. The molecule has 0 unspecified atom stereocenters. The highest BCUT2D eigenvalue weighted by atomic mass is 16.5. The number of hydrogen-bond donors (Lipinski definition) is 1. The fourth-order valence-corrected chi connectivity index (χ4v) is 1.17. The van der Waals surface area contributed by atoms with Gasteiger partial charge in [-0.25, -0.2) is 4.79 Å². The Labute approximate surface area is 85.4 Å². The van der Waals surface area contributed by atoms with Crippen molar-refractivity contribution in [2.75, 3.05) is 0 Å². The van der Waals surface area contributed by atoms with Gasteiger partial charge in [0.2, 0.25) is 0 Å². The number of carbonyl (C=O) groups excluding carboxylic acids is 1. The van der Waals surface area contributed by atoms with E-state index in [1.54, 1.807) is 30.3 Å². The van der Waals surface area contributed by atoms with Crippen molar-refractivity contribution in [2.45, 2.75) is 0 Å². The van der Waals surface area contributed by atoms with Gasteiger partial charge in [-0.1, -0.05) is 5.16 Å². The van der Waals surface area contributed by atoms with Crippen LogP contribution in [0.2, 0.25) is 0 Å². The van der Waals surface area contributed by atoms with E-state index in [0.29, 0.717) is 5.75 Å². The van der Waals surface area contributed by atoms with Gasteiger partial charge in [0.1, 0.15) is 17.7 Å². The summed E-state index contributed by atoms with van der Waals surface area (Å²) in [4.78, 5) is 10.5. The minimum absolute atomic E-state index is 0.398. The van der Waals surface area contributed by atoms with Crippen molar-refractivity contribution in [3.8, 4) is 17.0 Å². The largest absolute Gasteiger partial charge is 0.411 e. The highest BCUT2D eigenvalue weighted by molar-refractivity contribution is 5.68. The zero-order valence-electron chi connectivity index (χ0n) is 7.71. The Balaban J connectivity index is 2.21. The van der Waals surface area contributed by atoms with Crippen LogP contribution in [0.15, 0.2) is 41.1 Å². The lowest BCUT2D eigenvalue weighted by atomic mass is 10.1. The minimum atomic E-state index is -0.829. The Kier molecular flexibility index (Phi) is 2.37. The molecular formula is C10H8N2O3. The van der Waals surface area contributed by atoms with Gasteiger partial charge in [0.15, 0.2) is 0 Å². The molecule has 0 radical (unpaired) electrons. The third-order valence-electron chi connectivity index (χ3n) is 1.81. The van der Waals surface area contributed by atoms with E-state index in [1.807, 2.05) is 0 Å². The summed E-state index contributed by atoms with van der Waals surface area (Å²) in [6.45, 7) is 0. The molecule has 0 atom stereocenters. The van der Waals surface area contributed by atoms with Crippen LogP contribution in [-0.4, -0.2) is 11.2 Å². The Morgan fingerprint density at radius 1 is 1.27 bits per heavy atom. The molecule has 2 N–H and O–H groups in total. The molecule has 2 aromatic rings. The second-order valence-electron chi connectivity index (χ2n) is 2.83. The molecule has 1 amide bonds. The van der Waals surface area contributed by atoms with E-state index in [9.17, 15) is 4.79 Å². The molecule has 0 fully saturated rings. The van der Waals surface area contributed by atoms with Crippen molar-refractivity contribution in [1.82, 2.24) is 5.16 Å². The van der Waals surface area contributed by atoms with Crippen LogP contribution in [0.3, 0.4) is 0 Å². The van der Waals surface area contributed by atoms with E-state index < -0.39 is 6.09 Å². The second-order valence-corrected chi connectivity index (χ2v) is 2.83. The maximum Gasteiger partial charge on any atom is 0.409 e. The van der Waals surface area contributed by atoms with Crippen LogP contribution in [-0.2, 0) is 0 Å². The Morgan fingerprint density at radius 3 is 2.53 bits per heavy atom. The molecule has 2 rings (SSSR count). The first-order valence-corrected chi connectivity index (χ1v) is 4.24. The van der Waals surface area contributed by atoms with Crippen molar-refractivity contribution >= 4 is 6.09 Å². The molecule has 0 aliphatic rings. The van der Waals surface area contributed by atoms with E-state index in [2.05, 4.69) is 9.89 Å². The summed E-state index contributed by atoms with van der Waals surface area (Å²) in [5, 5.41) is 3.77. The zero-order valence-corrected chi connectivity index (χ0v) is 7.71. The SMILES string of the molecule is NC(=O)Oc1ccc(-c2ccon2)cc1. The van der Waals surface area contributed by atoms with E-state index in [1.165, 1.54) is 6.26 Å². The molecule has 0 bridgehead atoms. The van der Waals surface area contributed by atoms with Gasteiger partial charge in [-0.3, -0.25) is 0 Å². The van der Waals surface area contributed by atoms with E-state index in [-0.39, 0.29) is 0 Å². The molecule has 0 saturated heterocycles. The summed E-state index contributed by atoms with van der Waals surface area (Å²) in [6, 6.07) is 8.53. The van der Waals surface area contributed by atoms with E-state index >= 15 is 0 Å². The molecule has 1 heterocycles. The molecule has 15 heavy (non-hydrogen) atoms. The summed E-state index contributed by atoms with van der Waals surface area (Å²) < 4.78 is 9.39. The van der Waals surface area contributed by atoms with Gasteiger partial charge in [-0.15, -0.1) is 0 Å². The number of nitrogens with two attached hydrogens (primary N) is 1. The standard InChI is InChI=1S/C10H8N2O3/c11-10(13)15-8-3-1-7(2-4-8)9-5-6-14-12-9/h1-6H,(H2,11,13). The highest BCUT2D eigenvalue weighted by Gasteiger charge is 2.02. The first-order valence-electron chi connectivity index (χ1n) is 4.24. The molecule has 0 aliphatic heterocycles. The van der Waals surface area contributed by atoms with Gasteiger partial charge in [0.05, 0.1) is 0 Å². The monoisotopic (exact) mass is 204 g/mol. The van der Waals surface area contributed by atoms with Gasteiger partial charge >= 0.3 is 6.09 Å². The fourth-order valence-electron chi connectivity index (χ4n) is 1.17. The predicted octanol–water partition coefficient (Wildman–Crippen LogP) is 1.80. The van der Waals surface area contributed by atoms with Crippen molar-refractivity contribution in [3.05, 3.63) is 36.6 Å². The predicted molar refractivity (Wildman–Crippen MR) is 52.2 cm³/mol. The molecule has 76 valence electrons. The number of aromatic nitrogens is 1. The van der Waals surface area contributed by atoms with Crippen LogP contribution in [0.1, 0.15) is 0 Å². The van der Waals surface area contributed by atoms with Gasteiger partial charge in [-0.2, -0.15) is 0 Å². The third kappa shape index (κ3) is 2.14. The smallest absolute Gasteiger partial charge is 0.409 e. The normalized spacial score (nSPS) is 9.87. The summed E-state index contributed by atoms with van der Waals surface area (Å²) in [5.74, 6) is 0.398. The van der Waals surface area contributed by atoms with Crippen molar-refractivity contribution in [2.24, 2.45) is 5.73 Å². The molecule has 1 aromatic carbocycles. The Hall–Kier alpha value is -2.30. The van der Waals surface area contributed by atoms with Crippen LogP contribution in [0.4, 0.5) is 4.79 Å². The average molecular weight is 204 g/mol. The number of benzene rings is 1. The van der Waals surface area contributed by atoms with Crippen LogP contribution in [0.5, 0.6) is 5.75 Å². The van der Waals surface area contributed by atoms with Gasteiger partial charge in [0.25, 0.3) is 0 Å². The van der Waals surface area contributed by atoms with Gasteiger partial charge in [-0.05, 0) is 24.3 Å². The van der Waals surface area contributed by atoms with Crippen LogP contribution in [0.25, 0.3) is 11.3 Å². The third-order valence-corrected chi connectivity index (χ3v) is 1.81. The molecular weight excluding hydrogens is 196 g/mol. The first kappa shape index (κ1) is 9.26. The summed E-state index contributed by atoms with van der Waals surface area (Å²) in [7, 11) is 0. The van der Waals surface area contributed by atoms with Crippen molar-refractivity contribution in [1.29, 1.82) is 0 Å². The lowest BCUT2D eigenvalue weighted by Crippen LogP contribution is -2.16. The summed E-state index contributed by atoms with van der Waals surface area (Å²) in [5.41, 5.74) is 6.47. The Morgan fingerprint density at radius 2 is 2.00 bits per heavy atom. The highest BCUT2D eigenvalue weighted by Crippen LogP contribution is 2.20. The lowest BCUT2D eigenvalue weighted by Gasteiger charge is -2.00. The summed E-state index contributed by atoms with van der Waals surface area (Å²) in [6.07, 6.45) is 0.660. The maximum atomic E-state index is 10.5. The number of primary amides is 1. The molecule has 0 saturated carbocycles. The van der Waals surface area contributed by atoms with E-state index in [4.69, 9.17) is 10.3 Å². The molecule has 0 aliphatic carbocycles. The van der Waals surface area contributed by atoms with Crippen LogP contribution in [0, 0.1) is 0 Å². The topological polar surface area (TPSA) is 78.4 Å². The minimum Gasteiger partial charge on any atom is -0.411 e. The summed E-state index contributed by atoms with van der Waals surface area (Å²) >= 11 is 0. The molecule has 5 nitrogen and oxygen atoms in total. The number of ether oxygens (including phenoxy) is 1. The Bertz CT molecular complexity index is 448. The van der Waals surface area contributed by atoms with Crippen molar-refractivity contribution < 1.29 is 14.1 Å². The lowest BCUT2D eigenvalue weighted by molar-refractivity contribution is 0.211. The first-order chi connectivity index (χ1) is 7.25. The number of rotatable bonds is 2.